The molecule has 5 heteroatoms. The number of likely N-dealkylation sites (tertiary alicyclic amines) is 2. The number of rotatable bonds is 4. The van der Waals surface area contributed by atoms with Crippen LogP contribution in [0.2, 0.25) is 0 Å². The van der Waals surface area contributed by atoms with E-state index in [4.69, 9.17) is 0 Å². The van der Waals surface area contributed by atoms with E-state index >= 15 is 0 Å². The van der Waals surface area contributed by atoms with Crippen molar-refractivity contribution in [1.82, 2.24) is 19.6 Å². The lowest BCUT2D eigenvalue weighted by Crippen LogP contribution is -2.63. The van der Waals surface area contributed by atoms with Crippen LogP contribution in [0.4, 0.5) is 0 Å². The molecule has 0 unspecified atom stereocenters. The zero-order valence-electron chi connectivity index (χ0n) is 13.5. The van der Waals surface area contributed by atoms with E-state index in [-0.39, 0.29) is 0 Å². The maximum absolute atomic E-state index is 12.3. The summed E-state index contributed by atoms with van der Waals surface area (Å²) in [5.41, 5.74) is 0. The second-order valence-corrected chi connectivity index (χ2v) is 6.76. The third-order valence-corrected chi connectivity index (χ3v) is 5.39. The van der Waals surface area contributed by atoms with Gasteiger partial charge in [-0.2, -0.15) is 0 Å². The quantitative estimate of drug-likeness (QED) is 0.747. The van der Waals surface area contributed by atoms with Crippen LogP contribution in [0.15, 0.2) is 0 Å². The van der Waals surface area contributed by atoms with Crippen LogP contribution in [0.1, 0.15) is 26.2 Å². The van der Waals surface area contributed by atoms with Gasteiger partial charge in [-0.15, -0.1) is 0 Å². The fraction of sp³-hybridized carbons (Fsp3) is 0.938. The molecular weight excluding hydrogens is 264 g/mol. The van der Waals surface area contributed by atoms with E-state index in [9.17, 15) is 4.79 Å². The van der Waals surface area contributed by atoms with Crippen LogP contribution in [-0.2, 0) is 4.79 Å². The summed E-state index contributed by atoms with van der Waals surface area (Å²) in [6.45, 7) is 12.7. The zero-order chi connectivity index (χ0) is 14.7. The summed E-state index contributed by atoms with van der Waals surface area (Å²) >= 11 is 0. The predicted molar refractivity (Wildman–Crippen MR) is 84.3 cm³/mol. The van der Waals surface area contributed by atoms with Crippen molar-refractivity contribution in [2.45, 2.75) is 32.2 Å². The van der Waals surface area contributed by atoms with Crippen LogP contribution in [-0.4, -0.2) is 97.0 Å². The highest BCUT2D eigenvalue weighted by Crippen LogP contribution is 2.20. The van der Waals surface area contributed by atoms with Crippen LogP contribution in [0.5, 0.6) is 0 Å². The van der Waals surface area contributed by atoms with Crippen molar-refractivity contribution < 1.29 is 4.79 Å². The molecule has 0 radical (unpaired) electrons. The van der Waals surface area contributed by atoms with E-state index in [0.29, 0.717) is 18.5 Å². The first kappa shape index (κ1) is 15.3. The highest BCUT2D eigenvalue weighted by Gasteiger charge is 2.35. The van der Waals surface area contributed by atoms with Gasteiger partial charge in [0.15, 0.2) is 0 Å². The Kier molecular flexibility index (Phi) is 5.14. The minimum absolute atomic E-state index is 0.341. The fourth-order valence-corrected chi connectivity index (χ4v) is 3.73. The molecule has 21 heavy (non-hydrogen) atoms. The van der Waals surface area contributed by atoms with E-state index in [1.807, 2.05) is 0 Å². The number of carbonyl (C=O) groups excluding carboxylic acids is 1. The predicted octanol–water partition coefficient (Wildman–Crippen LogP) is 0.321. The number of piperazine rings is 1. The van der Waals surface area contributed by atoms with Gasteiger partial charge < -0.3 is 9.80 Å². The van der Waals surface area contributed by atoms with Gasteiger partial charge in [-0.25, -0.2) is 0 Å². The second-order valence-electron chi connectivity index (χ2n) is 6.76. The second kappa shape index (κ2) is 7.07. The topological polar surface area (TPSA) is 30.0 Å². The Morgan fingerprint density at radius 1 is 0.905 bits per heavy atom. The molecule has 0 N–H and O–H groups in total. The molecular formula is C16H30N4O. The molecule has 3 heterocycles. The van der Waals surface area contributed by atoms with Gasteiger partial charge in [-0.3, -0.25) is 14.6 Å². The van der Waals surface area contributed by atoms with Gasteiger partial charge in [0.25, 0.3) is 0 Å². The summed E-state index contributed by atoms with van der Waals surface area (Å²) in [6, 6.07) is 0.645. The molecule has 0 aliphatic carbocycles. The molecule has 0 aromatic carbocycles. The summed E-state index contributed by atoms with van der Waals surface area (Å²) in [4.78, 5) is 21.8. The monoisotopic (exact) mass is 294 g/mol. The Hall–Kier alpha value is -0.650. The number of hydrogen-bond acceptors (Lipinski definition) is 4. The number of amides is 1. The molecule has 0 bridgehead atoms. The Morgan fingerprint density at radius 3 is 2.14 bits per heavy atom. The lowest BCUT2D eigenvalue weighted by molar-refractivity contribution is -0.140. The first-order chi connectivity index (χ1) is 10.3. The Bertz CT molecular complexity index is 342. The smallest absolute Gasteiger partial charge is 0.236 e. The van der Waals surface area contributed by atoms with Gasteiger partial charge >= 0.3 is 0 Å². The van der Waals surface area contributed by atoms with Gasteiger partial charge in [0.2, 0.25) is 5.91 Å². The van der Waals surface area contributed by atoms with Crippen LogP contribution in [0.25, 0.3) is 0 Å². The number of hydrogen-bond donors (Lipinski definition) is 0. The molecule has 3 aliphatic heterocycles. The Labute approximate surface area is 128 Å². The molecule has 0 aromatic heterocycles. The molecule has 3 saturated heterocycles. The molecule has 120 valence electrons. The molecule has 0 spiro atoms. The van der Waals surface area contributed by atoms with Crippen LogP contribution in [0, 0.1) is 0 Å². The number of likely N-dealkylation sites (N-methyl/N-ethyl adjacent to an activating group) is 1. The molecule has 1 amide bonds. The lowest BCUT2D eigenvalue weighted by atomic mass is 10.0. The summed E-state index contributed by atoms with van der Waals surface area (Å²) in [5, 5.41) is 0. The largest absolute Gasteiger partial charge is 0.338 e. The van der Waals surface area contributed by atoms with E-state index in [1.54, 1.807) is 0 Å². The number of carbonyl (C=O) groups is 1. The van der Waals surface area contributed by atoms with Crippen molar-refractivity contribution in [3.63, 3.8) is 0 Å². The van der Waals surface area contributed by atoms with Crippen LogP contribution >= 0.6 is 0 Å². The maximum atomic E-state index is 12.3. The van der Waals surface area contributed by atoms with E-state index in [2.05, 4.69) is 26.5 Å². The lowest BCUT2D eigenvalue weighted by Gasteiger charge is -2.47. The van der Waals surface area contributed by atoms with Gasteiger partial charge in [0.1, 0.15) is 0 Å². The highest BCUT2D eigenvalue weighted by molar-refractivity contribution is 5.79. The molecule has 3 rings (SSSR count). The highest BCUT2D eigenvalue weighted by atomic mass is 16.2. The molecule has 0 atom stereocenters. The van der Waals surface area contributed by atoms with Gasteiger partial charge in [0.05, 0.1) is 6.54 Å². The number of nitrogens with zero attached hydrogens (tertiary/aromatic N) is 4. The minimum Gasteiger partial charge on any atom is -0.338 e. The van der Waals surface area contributed by atoms with Crippen molar-refractivity contribution in [2.75, 3.05) is 65.4 Å². The molecule has 0 aromatic rings. The van der Waals surface area contributed by atoms with Crippen molar-refractivity contribution in [1.29, 1.82) is 0 Å². The molecule has 5 nitrogen and oxygen atoms in total. The van der Waals surface area contributed by atoms with E-state index in [0.717, 1.165) is 45.8 Å². The van der Waals surface area contributed by atoms with Crippen molar-refractivity contribution >= 4 is 5.91 Å². The summed E-state index contributed by atoms with van der Waals surface area (Å²) < 4.78 is 0. The standard InChI is InChI=1S/C16H30N4O/c1-2-17-8-10-18(11-9-17)14-16(21)20-12-15(13-20)19-6-4-3-5-7-19/h15H,2-14H2,1H3. The minimum atomic E-state index is 0.341. The molecule has 3 aliphatic rings. The van der Waals surface area contributed by atoms with Crippen molar-refractivity contribution in [2.24, 2.45) is 0 Å². The normalized spacial score (nSPS) is 26.8. The third-order valence-electron chi connectivity index (χ3n) is 5.39. The van der Waals surface area contributed by atoms with E-state index < -0.39 is 0 Å². The fourth-order valence-electron chi connectivity index (χ4n) is 3.73. The van der Waals surface area contributed by atoms with Crippen LogP contribution in [0.3, 0.4) is 0 Å². The SMILES string of the molecule is CCN1CCN(CC(=O)N2CC(N3CCCCC3)C2)CC1. The summed E-state index contributed by atoms with van der Waals surface area (Å²) in [5.74, 6) is 0.341. The zero-order valence-corrected chi connectivity index (χ0v) is 13.5. The average Bonchev–Trinajstić information content (AvgIpc) is 2.47. The van der Waals surface area contributed by atoms with Gasteiger partial charge in [-0.05, 0) is 32.5 Å². The Morgan fingerprint density at radius 2 is 1.52 bits per heavy atom. The first-order valence-electron chi connectivity index (χ1n) is 8.73. The van der Waals surface area contributed by atoms with Crippen molar-refractivity contribution in [3.05, 3.63) is 0 Å². The maximum Gasteiger partial charge on any atom is 0.236 e. The first-order valence-corrected chi connectivity index (χ1v) is 8.73. The average molecular weight is 294 g/mol. The van der Waals surface area contributed by atoms with Crippen LogP contribution < -0.4 is 0 Å². The van der Waals surface area contributed by atoms with E-state index in [1.165, 1.54) is 32.4 Å². The summed E-state index contributed by atoms with van der Waals surface area (Å²) in [6.07, 6.45) is 4.06. The van der Waals surface area contributed by atoms with Gasteiger partial charge in [0, 0.05) is 45.3 Å². The van der Waals surface area contributed by atoms with Gasteiger partial charge in [-0.1, -0.05) is 13.3 Å². The summed E-state index contributed by atoms with van der Waals surface area (Å²) in [7, 11) is 0. The van der Waals surface area contributed by atoms with Crippen molar-refractivity contribution in [3.8, 4) is 0 Å². The number of piperidine rings is 1. The molecule has 3 fully saturated rings. The Balaban J connectivity index is 1.36. The third kappa shape index (κ3) is 3.76. The molecule has 0 saturated carbocycles.